The number of aromatic amines is 1. The van der Waals surface area contributed by atoms with Crippen molar-refractivity contribution in [2.24, 2.45) is 5.92 Å². The predicted molar refractivity (Wildman–Crippen MR) is 72.2 cm³/mol. The van der Waals surface area contributed by atoms with Crippen molar-refractivity contribution in [2.75, 3.05) is 0 Å². The van der Waals surface area contributed by atoms with Gasteiger partial charge < -0.3 is 0 Å². The third kappa shape index (κ3) is 2.49. The van der Waals surface area contributed by atoms with Crippen LogP contribution in [0.4, 0.5) is 5.00 Å². The number of rotatable bonds is 4. The largest absolute Gasteiger partial charge is 0.324 e. The SMILES string of the molecule is CC(C)Cn1c(-c2ccc([N+](=O)[O-])s2)n[nH]c1=S. The van der Waals surface area contributed by atoms with Crippen LogP contribution in [-0.2, 0) is 6.54 Å². The minimum absolute atomic E-state index is 0.106. The van der Waals surface area contributed by atoms with Gasteiger partial charge in [-0.1, -0.05) is 25.2 Å². The van der Waals surface area contributed by atoms with E-state index >= 15 is 0 Å². The quantitative estimate of drug-likeness (QED) is 0.531. The molecule has 0 aliphatic rings. The second-order valence-corrected chi connectivity index (χ2v) is 5.70. The molecule has 0 aliphatic heterocycles. The van der Waals surface area contributed by atoms with E-state index < -0.39 is 4.92 Å². The number of hydrogen-bond donors (Lipinski definition) is 1. The maximum Gasteiger partial charge on any atom is 0.324 e. The molecule has 0 amide bonds. The summed E-state index contributed by atoms with van der Waals surface area (Å²) in [6, 6.07) is 3.18. The molecule has 2 aromatic heterocycles. The Morgan fingerprint density at radius 2 is 2.33 bits per heavy atom. The lowest BCUT2D eigenvalue weighted by Gasteiger charge is -2.07. The van der Waals surface area contributed by atoms with E-state index in [1.807, 2.05) is 4.57 Å². The normalized spacial score (nSPS) is 11.1. The van der Waals surface area contributed by atoms with Crippen LogP contribution < -0.4 is 0 Å². The summed E-state index contributed by atoms with van der Waals surface area (Å²) in [4.78, 5) is 11.0. The molecule has 0 unspecified atom stereocenters. The Morgan fingerprint density at radius 1 is 1.61 bits per heavy atom. The molecule has 0 fully saturated rings. The Morgan fingerprint density at radius 3 is 2.89 bits per heavy atom. The van der Waals surface area contributed by atoms with Gasteiger partial charge in [0.1, 0.15) is 0 Å². The first-order chi connectivity index (χ1) is 8.49. The molecular weight excluding hydrogens is 272 g/mol. The second-order valence-electron chi connectivity index (χ2n) is 4.25. The molecule has 1 N–H and O–H groups in total. The van der Waals surface area contributed by atoms with Gasteiger partial charge >= 0.3 is 5.00 Å². The van der Waals surface area contributed by atoms with Gasteiger partial charge in [-0.05, 0) is 24.2 Å². The van der Waals surface area contributed by atoms with Gasteiger partial charge in [0, 0.05) is 12.6 Å². The summed E-state index contributed by atoms with van der Waals surface area (Å²) in [5, 5.41) is 17.7. The average Bonchev–Trinajstić information content (AvgIpc) is 2.86. The fourth-order valence-corrected chi connectivity index (χ4v) is 2.61. The molecule has 2 rings (SSSR count). The first-order valence-corrected chi connectivity index (χ1v) is 6.61. The zero-order valence-corrected chi connectivity index (χ0v) is 11.5. The Labute approximate surface area is 112 Å². The molecule has 0 aliphatic carbocycles. The zero-order chi connectivity index (χ0) is 13.3. The van der Waals surface area contributed by atoms with Crippen LogP contribution >= 0.6 is 23.6 Å². The number of hydrogen-bond acceptors (Lipinski definition) is 5. The smallest absolute Gasteiger partial charge is 0.299 e. The van der Waals surface area contributed by atoms with Crippen molar-refractivity contribution < 1.29 is 4.92 Å². The van der Waals surface area contributed by atoms with Gasteiger partial charge in [0.05, 0.1) is 9.80 Å². The minimum atomic E-state index is -0.401. The second kappa shape index (κ2) is 4.99. The third-order valence-electron chi connectivity index (χ3n) is 2.30. The van der Waals surface area contributed by atoms with Crippen molar-refractivity contribution in [2.45, 2.75) is 20.4 Å². The summed E-state index contributed by atoms with van der Waals surface area (Å²) in [5.74, 6) is 1.08. The maximum atomic E-state index is 10.7. The van der Waals surface area contributed by atoms with Crippen LogP contribution in [0.25, 0.3) is 10.7 Å². The van der Waals surface area contributed by atoms with E-state index in [0.29, 0.717) is 16.5 Å². The van der Waals surface area contributed by atoms with Gasteiger partial charge in [-0.15, -0.1) is 0 Å². The first-order valence-electron chi connectivity index (χ1n) is 5.39. The van der Waals surface area contributed by atoms with Crippen molar-refractivity contribution >= 4 is 28.6 Å². The highest BCUT2D eigenvalue weighted by Crippen LogP contribution is 2.31. The maximum absolute atomic E-state index is 10.7. The fraction of sp³-hybridized carbons (Fsp3) is 0.400. The van der Waals surface area contributed by atoms with E-state index in [9.17, 15) is 10.1 Å². The zero-order valence-electron chi connectivity index (χ0n) is 9.91. The van der Waals surface area contributed by atoms with E-state index in [0.717, 1.165) is 22.8 Å². The molecule has 0 spiro atoms. The molecule has 0 radical (unpaired) electrons. The van der Waals surface area contributed by atoms with Crippen molar-refractivity contribution in [1.29, 1.82) is 0 Å². The molecule has 2 heterocycles. The summed E-state index contributed by atoms with van der Waals surface area (Å²) in [5.41, 5.74) is 0. The van der Waals surface area contributed by atoms with Gasteiger partial charge in [-0.3, -0.25) is 19.8 Å². The summed E-state index contributed by atoms with van der Waals surface area (Å²) < 4.78 is 2.41. The Hall–Kier alpha value is -1.54. The molecule has 8 heteroatoms. The van der Waals surface area contributed by atoms with Gasteiger partial charge in [-0.25, -0.2) is 0 Å². The fourth-order valence-electron chi connectivity index (χ4n) is 1.59. The number of aromatic nitrogens is 3. The van der Waals surface area contributed by atoms with Crippen LogP contribution in [0.5, 0.6) is 0 Å². The Balaban J connectivity index is 2.43. The van der Waals surface area contributed by atoms with E-state index in [1.54, 1.807) is 6.07 Å². The van der Waals surface area contributed by atoms with E-state index in [4.69, 9.17) is 12.2 Å². The Kier molecular flexibility index (Phi) is 3.58. The van der Waals surface area contributed by atoms with E-state index in [2.05, 4.69) is 24.0 Å². The van der Waals surface area contributed by atoms with Gasteiger partial charge in [0.2, 0.25) is 0 Å². The minimum Gasteiger partial charge on any atom is -0.299 e. The van der Waals surface area contributed by atoms with Crippen molar-refractivity contribution in [3.05, 3.63) is 27.0 Å². The standard InChI is InChI=1S/C10H12N4O2S2/c1-6(2)5-13-9(11-12-10(13)17)7-3-4-8(18-7)14(15)16/h3-4,6H,5H2,1-2H3,(H,12,17). The predicted octanol–water partition coefficient (Wildman–Crippen LogP) is 3.23. The summed E-state index contributed by atoms with van der Waals surface area (Å²) >= 11 is 6.27. The molecule has 0 atom stereocenters. The van der Waals surface area contributed by atoms with Crippen LogP contribution in [0, 0.1) is 20.8 Å². The molecule has 96 valence electrons. The van der Waals surface area contributed by atoms with Crippen LogP contribution in [0.15, 0.2) is 12.1 Å². The van der Waals surface area contributed by atoms with E-state index in [1.165, 1.54) is 6.07 Å². The molecule has 0 aromatic carbocycles. The number of nitro groups is 1. The first kappa shape index (κ1) is 12.9. The summed E-state index contributed by atoms with van der Waals surface area (Å²) in [6.07, 6.45) is 0. The molecular formula is C10H12N4O2S2. The van der Waals surface area contributed by atoms with Crippen molar-refractivity contribution in [3.63, 3.8) is 0 Å². The number of thiophene rings is 1. The highest BCUT2D eigenvalue weighted by atomic mass is 32.1. The van der Waals surface area contributed by atoms with Crippen LogP contribution in [0.2, 0.25) is 0 Å². The highest BCUT2D eigenvalue weighted by Gasteiger charge is 2.16. The molecule has 0 saturated carbocycles. The highest BCUT2D eigenvalue weighted by molar-refractivity contribution is 7.71. The lowest BCUT2D eigenvalue weighted by Crippen LogP contribution is -2.05. The third-order valence-corrected chi connectivity index (χ3v) is 3.64. The summed E-state index contributed by atoms with van der Waals surface area (Å²) in [7, 11) is 0. The number of nitrogens with zero attached hydrogens (tertiary/aromatic N) is 3. The molecule has 0 bridgehead atoms. The lowest BCUT2D eigenvalue weighted by molar-refractivity contribution is -0.380. The lowest BCUT2D eigenvalue weighted by atomic mass is 10.2. The van der Waals surface area contributed by atoms with Gasteiger partial charge in [0.15, 0.2) is 10.6 Å². The van der Waals surface area contributed by atoms with Crippen molar-refractivity contribution in [3.8, 4) is 10.7 Å². The van der Waals surface area contributed by atoms with Gasteiger partial charge in [-0.2, -0.15) is 5.10 Å². The van der Waals surface area contributed by atoms with Crippen LogP contribution in [-0.4, -0.2) is 19.7 Å². The van der Waals surface area contributed by atoms with E-state index in [-0.39, 0.29) is 5.00 Å². The summed E-state index contributed by atoms with van der Waals surface area (Å²) in [6.45, 7) is 4.89. The van der Waals surface area contributed by atoms with Crippen LogP contribution in [0.1, 0.15) is 13.8 Å². The van der Waals surface area contributed by atoms with Crippen LogP contribution in [0.3, 0.4) is 0 Å². The molecule has 0 saturated heterocycles. The Bertz CT molecular complexity index is 626. The number of nitrogens with one attached hydrogen (secondary N) is 1. The average molecular weight is 284 g/mol. The molecule has 6 nitrogen and oxygen atoms in total. The molecule has 18 heavy (non-hydrogen) atoms. The molecule has 2 aromatic rings. The topological polar surface area (TPSA) is 76.8 Å². The van der Waals surface area contributed by atoms with Gasteiger partial charge in [0.25, 0.3) is 0 Å². The van der Waals surface area contributed by atoms with Crippen molar-refractivity contribution in [1.82, 2.24) is 14.8 Å². The number of H-pyrrole nitrogens is 1. The monoisotopic (exact) mass is 284 g/mol.